The Hall–Kier alpha value is -2.66. The molecule has 3 rings (SSSR count). The van der Waals surface area contributed by atoms with Crippen LogP contribution < -0.4 is 4.90 Å². The molecule has 0 unspecified atom stereocenters. The Morgan fingerprint density at radius 1 is 1.05 bits per heavy atom. The van der Waals surface area contributed by atoms with Crippen LogP contribution in [0, 0.1) is 0 Å². The first kappa shape index (κ1) is 14.3. The number of para-hydroxylation sites is 1. The van der Waals surface area contributed by atoms with Crippen molar-refractivity contribution in [1.82, 2.24) is 0 Å². The van der Waals surface area contributed by atoms with Gasteiger partial charge in [0.15, 0.2) is 5.60 Å². The Bertz CT molecular complexity index is 701. The van der Waals surface area contributed by atoms with Crippen LogP contribution in [0.15, 0.2) is 60.7 Å². The van der Waals surface area contributed by atoms with Crippen LogP contribution in [-0.4, -0.2) is 27.7 Å². The third kappa shape index (κ3) is 2.16. The highest BCUT2D eigenvalue weighted by Crippen LogP contribution is 2.47. The van der Waals surface area contributed by atoms with E-state index in [9.17, 15) is 14.7 Å². The molecule has 1 aliphatic rings. The van der Waals surface area contributed by atoms with Crippen molar-refractivity contribution < 1.29 is 19.8 Å². The van der Waals surface area contributed by atoms with E-state index < -0.39 is 29.9 Å². The van der Waals surface area contributed by atoms with Crippen molar-refractivity contribution in [3.05, 3.63) is 66.2 Å². The predicted octanol–water partition coefficient (Wildman–Crippen LogP) is 1.98. The van der Waals surface area contributed by atoms with E-state index in [1.165, 1.54) is 4.90 Å². The molecule has 0 bridgehead atoms. The zero-order valence-corrected chi connectivity index (χ0v) is 11.7. The molecule has 112 valence electrons. The van der Waals surface area contributed by atoms with Gasteiger partial charge in [0.2, 0.25) is 0 Å². The van der Waals surface area contributed by atoms with Gasteiger partial charge in [-0.3, -0.25) is 14.5 Å². The van der Waals surface area contributed by atoms with Gasteiger partial charge in [-0.1, -0.05) is 48.5 Å². The number of carboxylic acid groups (broad SMARTS) is 1. The SMILES string of the molecule is O=C(O)C[C@]1(O)C(=O)N(c2ccccc2)[C@H]1c1ccccc1. The van der Waals surface area contributed by atoms with Crippen molar-refractivity contribution in [2.45, 2.75) is 18.1 Å². The first-order valence-corrected chi connectivity index (χ1v) is 6.92. The molecular weight excluding hydrogens is 282 g/mol. The largest absolute Gasteiger partial charge is 0.481 e. The second kappa shape index (κ2) is 5.27. The lowest BCUT2D eigenvalue weighted by Crippen LogP contribution is -2.69. The number of aliphatic carboxylic acids is 1. The van der Waals surface area contributed by atoms with Gasteiger partial charge < -0.3 is 10.2 Å². The lowest BCUT2D eigenvalue weighted by atomic mass is 9.75. The van der Waals surface area contributed by atoms with Gasteiger partial charge in [-0.25, -0.2) is 0 Å². The van der Waals surface area contributed by atoms with Gasteiger partial charge in [-0.2, -0.15) is 0 Å². The van der Waals surface area contributed by atoms with Gasteiger partial charge >= 0.3 is 5.97 Å². The monoisotopic (exact) mass is 297 g/mol. The molecule has 5 nitrogen and oxygen atoms in total. The zero-order chi connectivity index (χ0) is 15.7. The number of hydrogen-bond donors (Lipinski definition) is 2. The Morgan fingerprint density at radius 3 is 2.14 bits per heavy atom. The van der Waals surface area contributed by atoms with Gasteiger partial charge in [0, 0.05) is 5.69 Å². The smallest absolute Gasteiger partial charge is 0.306 e. The highest BCUT2D eigenvalue weighted by molar-refractivity contribution is 6.09. The molecule has 5 heteroatoms. The number of amides is 1. The van der Waals surface area contributed by atoms with Crippen molar-refractivity contribution in [3.63, 3.8) is 0 Å². The van der Waals surface area contributed by atoms with Gasteiger partial charge in [0.1, 0.15) is 6.04 Å². The lowest BCUT2D eigenvalue weighted by Gasteiger charge is -2.52. The maximum atomic E-state index is 12.4. The summed E-state index contributed by atoms with van der Waals surface area (Å²) >= 11 is 0. The van der Waals surface area contributed by atoms with Crippen LogP contribution in [-0.2, 0) is 9.59 Å². The van der Waals surface area contributed by atoms with E-state index in [-0.39, 0.29) is 0 Å². The van der Waals surface area contributed by atoms with E-state index in [2.05, 4.69) is 0 Å². The first-order valence-electron chi connectivity index (χ1n) is 6.92. The molecule has 2 aromatic carbocycles. The first-order chi connectivity index (χ1) is 10.5. The van der Waals surface area contributed by atoms with E-state index in [0.717, 1.165) is 0 Å². The van der Waals surface area contributed by atoms with Crippen LogP contribution in [0.25, 0.3) is 0 Å². The number of carboxylic acids is 1. The Morgan fingerprint density at radius 2 is 1.59 bits per heavy atom. The fourth-order valence-corrected chi connectivity index (χ4v) is 2.91. The summed E-state index contributed by atoms with van der Waals surface area (Å²) < 4.78 is 0. The van der Waals surface area contributed by atoms with Crippen LogP contribution in [0.2, 0.25) is 0 Å². The van der Waals surface area contributed by atoms with Gasteiger partial charge in [0.05, 0.1) is 6.42 Å². The lowest BCUT2D eigenvalue weighted by molar-refractivity contribution is -0.163. The van der Waals surface area contributed by atoms with E-state index in [0.29, 0.717) is 11.3 Å². The Kier molecular flexibility index (Phi) is 3.42. The van der Waals surface area contributed by atoms with E-state index >= 15 is 0 Å². The molecule has 22 heavy (non-hydrogen) atoms. The fraction of sp³-hybridized carbons (Fsp3) is 0.176. The van der Waals surface area contributed by atoms with Crippen molar-refractivity contribution in [1.29, 1.82) is 0 Å². The molecule has 1 heterocycles. The third-order valence-electron chi connectivity index (χ3n) is 3.87. The summed E-state index contributed by atoms with van der Waals surface area (Å²) in [5.41, 5.74) is -0.575. The standard InChI is InChI=1S/C17H15NO4/c19-14(20)11-17(22)15(12-7-3-1-4-8-12)18(16(17)21)13-9-5-2-6-10-13/h1-10,15,22H,11H2,(H,19,20)/t15-,17+/m0/s1. The highest BCUT2D eigenvalue weighted by Gasteiger charge is 2.61. The molecule has 2 aromatic rings. The average molecular weight is 297 g/mol. The fourth-order valence-electron chi connectivity index (χ4n) is 2.91. The molecule has 1 amide bonds. The summed E-state index contributed by atoms with van der Waals surface area (Å²) in [4.78, 5) is 24.9. The summed E-state index contributed by atoms with van der Waals surface area (Å²) in [6.45, 7) is 0. The minimum absolute atomic E-state index is 0.588. The summed E-state index contributed by atoms with van der Waals surface area (Å²) in [6, 6.07) is 17.2. The van der Waals surface area contributed by atoms with Crippen molar-refractivity contribution in [2.24, 2.45) is 0 Å². The highest BCUT2D eigenvalue weighted by atomic mass is 16.4. The van der Waals surface area contributed by atoms with Crippen LogP contribution >= 0.6 is 0 Å². The number of aliphatic hydroxyl groups is 1. The summed E-state index contributed by atoms with van der Waals surface area (Å²) in [6.07, 6.45) is -0.616. The van der Waals surface area contributed by atoms with Crippen molar-refractivity contribution in [3.8, 4) is 0 Å². The molecule has 0 aromatic heterocycles. The molecule has 0 spiro atoms. The molecule has 0 radical (unpaired) electrons. The predicted molar refractivity (Wildman–Crippen MR) is 80.3 cm³/mol. The second-order valence-corrected chi connectivity index (χ2v) is 5.32. The molecule has 1 aliphatic heterocycles. The molecule has 2 N–H and O–H groups in total. The number of rotatable bonds is 4. The topological polar surface area (TPSA) is 77.8 Å². The minimum atomic E-state index is -1.91. The van der Waals surface area contributed by atoms with E-state index in [4.69, 9.17) is 5.11 Å². The second-order valence-electron chi connectivity index (χ2n) is 5.32. The molecule has 0 saturated carbocycles. The van der Waals surface area contributed by atoms with E-state index in [1.54, 1.807) is 48.5 Å². The van der Waals surface area contributed by atoms with Crippen LogP contribution in [0.5, 0.6) is 0 Å². The molecule has 1 fully saturated rings. The number of carbonyl (C=O) groups is 2. The number of carbonyl (C=O) groups excluding carboxylic acids is 1. The maximum absolute atomic E-state index is 12.4. The number of anilines is 1. The van der Waals surface area contributed by atoms with Crippen LogP contribution in [0.3, 0.4) is 0 Å². The third-order valence-corrected chi connectivity index (χ3v) is 3.87. The minimum Gasteiger partial charge on any atom is -0.481 e. The number of nitrogens with zero attached hydrogens (tertiary/aromatic N) is 1. The number of benzene rings is 2. The summed E-state index contributed by atoms with van der Waals surface area (Å²) in [5, 5.41) is 19.6. The van der Waals surface area contributed by atoms with Crippen LogP contribution in [0.4, 0.5) is 5.69 Å². The van der Waals surface area contributed by atoms with Gasteiger partial charge in [0.25, 0.3) is 5.91 Å². The molecule has 0 aliphatic carbocycles. The van der Waals surface area contributed by atoms with Crippen LogP contribution in [0.1, 0.15) is 18.0 Å². The van der Waals surface area contributed by atoms with Crippen molar-refractivity contribution >= 4 is 17.6 Å². The normalized spacial score (nSPS) is 24.0. The van der Waals surface area contributed by atoms with Crippen molar-refractivity contribution in [2.75, 3.05) is 4.90 Å². The van der Waals surface area contributed by atoms with Gasteiger partial charge in [-0.15, -0.1) is 0 Å². The zero-order valence-electron chi connectivity index (χ0n) is 11.7. The number of β-lactam (4-membered cyclic amide) rings is 1. The molecule has 2 atom stereocenters. The number of hydrogen-bond acceptors (Lipinski definition) is 3. The Balaban J connectivity index is 2.04. The summed E-state index contributed by atoms with van der Waals surface area (Å²) in [7, 11) is 0. The average Bonchev–Trinajstić information content (AvgIpc) is 2.52. The summed E-state index contributed by atoms with van der Waals surface area (Å²) in [5.74, 6) is -1.79. The maximum Gasteiger partial charge on any atom is 0.306 e. The Labute approximate surface area is 127 Å². The quantitative estimate of drug-likeness (QED) is 0.846. The molecule has 1 saturated heterocycles. The van der Waals surface area contributed by atoms with Gasteiger partial charge in [-0.05, 0) is 17.7 Å². The molecular formula is C17H15NO4. The van der Waals surface area contributed by atoms with E-state index in [1.807, 2.05) is 12.1 Å².